The molecule has 0 unspecified atom stereocenters. The normalized spacial score (nSPS) is 11.3. The van der Waals surface area contributed by atoms with Crippen molar-refractivity contribution in [2.45, 2.75) is 24.1 Å². The second kappa shape index (κ2) is 7.71. The third-order valence-corrected chi connectivity index (χ3v) is 6.25. The van der Waals surface area contributed by atoms with E-state index in [1.54, 1.807) is 54.8 Å². The number of thiophene rings is 1. The van der Waals surface area contributed by atoms with Crippen LogP contribution < -0.4 is 10.0 Å². The van der Waals surface area contributed by atoms with Gasteiger partial charge in [-0.05, 0) is 36.1 Å². The first-order valence-electron chi connectivity index (χ1n) is 7.76. The predicted molar refractivity (Wildman–Crippen MR) is 98.4 cm³/mol. The van der Waals surface area contributed by atoms with E-state index in [0.717, 1.165) is 16.9 Å². The van der Waals surface area contributed by atoms with Crippen molar-refractivity contribution in [3.8, 4) is 0 Å². The van der Waals surface area contributed by atoms with Gasteiger partial charge < -0.3 is 9.84 Å². The lowest BCUT2D eigenvalue weighted by Gasteiger charge is -2.08. The average molecular weight is 391 g/mol. The lowest BCUT2D eigenvalue weighted by molar-refractivity contribution is -0.120. The molecule has 0 aliphatic rings. The van der Waals surface area contributed by atoms with Gasteiger partial charge in [0.25, 0.3) is 10.0 Å². The van der Waals surface area contributed by atoms with Crippen LogP contribution in [0.3, 0.4) is 0 Å². The summed E-state index contributed by atoms with van der Waals surface area (Å²) in [6, 6.07) is 11.7. The van der Waals surface area contributed by atoms with Gasteiger partial charge in [-0.3, -0.25) is 9.52 Å². The number of rotatable bonds is 7. The molecule has 0 bridgehead atoms. The molecule has 0 fully saturated rings. The minimum Gasteiger partial charge on any atom is -0.361 e. The number of carbonyl (C=O) groups excluding carboxylic acids is 1. The van der Waals surface area contributed by atoms with Crippen molar-refractivity contribution >= 4 is 33.0 Å². The van der Waals surface area contributed by atoms with Gasteiger partial charge in [0.2, 0.25) is 5.91 Å². The van der Waals surface area contributed by atoms with E-state index in [0.29, 0.717) is 23.7 Å². The van der Waals surface area contributed by atoms with Gasteiger partial charge in [-0.25, -0.2) is 8.42 Å². The fraction of sp³-hybridized carbons (Fsp3) is 0.176. The van der Waals surface area contributed by atoms with E-state index in [9.17, 15) is 13.2 Å². The van der Waals surface area contributed by atoms with Gasteiger partial charge in [0, 0.05) is 11.8 Å². The Bertz CT molecular complexity index is 977. The Morgan fingerprint density at radius 3 is 2.62 bits per heavy atom. The number of anilines is 1. The Labute approximate surface area is 155 Å². The molecule has 0 spiro atoms. The number of hydrogen-bond acceptors (Lipinski definition) is 6. The van der Waals surface area contributed by atoms with Crippen LogP contribution in [-0.2, 0) is 27.8 Å². The molecule has 2 N–H and O–H groups in total. The fourth-order valence-electron chi connectivity index (χ4n) is 2.25. The second-order valence-corrected chi connectivity index (χ2v) is 8.47. The maximum atomic E-state index is 12.2. The number of amides is 1. The van der Waals surface area contributed by atoms with E-state index < -0.39 is 10.0 Å². The standard InChI is InChI=1S/C17H17N3O4S2/c1-12-9-15(19-24-12)11-18-16(21)10-13-4-6-14(7-5-13)20-26(22,23)17-3-2-8-25-17/h2-9,20H,10-11H2,1H3,(H,18,21). The third kappa shape index (κ3) is 4.70. The molecule has 2 aromatic heterocycles. The Morgan fingerprint density at radius 1 is 1.23 bits per heavy atom. The molecule has 0 aliphatic heterocycles. The molecule has 0 atom stereocenters. The fourth-order valence-corrected chi connectivity index (χ4v) is 4.30. The van der Waals surface area contributed by atoms with Crippen LogP contribution >= 0.6 is 11.3 Å². The van der Waals surface area contributed by atoms with Crippen LogP contribution in [-0.4, -0.2) is 19.5 Å². The first-order valence-corrected chi connectivity index (χ1v) is 10.1. The topological polar surface area (TPSA) is 101 Å². The van der Waals surface area contributed by atoms with Gasteiger partial charge in [0.1, 0.15) is 15.7 Å². The van der Waals surface area contributed by atoms with Gasteiger partial charge >= 0.3 is 0 Å². The van der Waals surface area contributed by atoms with E-state index in [-0.39, 0.29) is 16.5 Å². The van der Waals surface area contributed by atoms with Crippen molar-refractivity contribution in [1.29, 1.82) is 0 Å². The Balaban J connectivity index is 1.55. The molecule has 1 amide bonds. The monoisotopic (exact) mass is 391 g/mol. The van der Waals surface area contributed by atoms with Crippen LogP contribution in [0.15, 0.2) is 56.6 Å². The number of sulfonamides is 1. The predicted octanol–water partition coefficient (Wildman–Crippen LogP) is 2.70. The van der Waals surface area contributed by atoms with Crippen molar-refractivity contribution in [1.82, 2.24) is 10.5 Å². The summed E-state index contributed by atoms with van der Waals surface area (Å²) in [5, 5.41) is 8.27. The van der Waals surface area contributed by atoms with Crippen LogP contribution in [0, 0.1) is 6.92 Å². The Morgan fingerprint density at radius 2 is 2.00 bits per heavy atom. The number of benzene rings is 1. The molecule has 9 heteroatoms. The van der Waals surface area contributed by atoms with E-state index in [1.807, 2.05) is 0 Å². The molecule has 0 saturated heterocycles. The van der Waals surface area contributed by atoms with Gasteiger partial charge in [-0.1, -0.05) is 23.4 Å². The van der Waals surface area contributed by atoms with Crippen LogP contribution in [0.5, 0.6) is 0 Å². The molecule has 3 rings (SSSR count). The zero-order valence-corrected chi connectivity index (χ0v) is 15.6. The largest absolute Gasteiger partial charge is 0.361 e. The zero-order valence-electron chi connectivity index (χ0n) is 13.9. The van der Waals surface area contributed by atoms with E-state index >= 15 is 0 Å². The first-order chi connectivity index (χ1) is 12.4. The number of nitrogens with one attached hydrogen (secondary N) is 2. The maximum Gasteiger partial charge on any atom is 0.271 e. The second-order valence-electron chi connectivity index (χ2n) is 5.62. The molecule has 0 saturated carbocycles. The molecule has 3 aromatic rings. The van der Waals surface area contributed by atoms with Crippen LogP contribution in [0.4, 0.5) is 5.69 Å². The maximum absolute atomic E-state index is 12.2. The average Bonchev–Trinajstić information content (AvgIpc) is 3.26. The van der Waals surface area contributed by atoms with Crippen molar-refractivity contribution in [3.63, 3.8) is 0 Å². The first kappa shape index (κ1) is 18.2. The Kier molecular flexibility index (Phi) is 5.38. The molecule has 26 heavy (non-hydrogen) atoms. The molecule has 7 nitrogen and oxygen atoms in total. The SMILES string of the molecule is Cc1cc(CNC(=O)Cc2ccc(NS(=O)(=O)c3cccs3)cc2)no1. The summed E-state index contributed by atoms with van der Waals surface area (Å²) in [4.78, 5) is 12.0. The van der Waals surface area contributed by atoms with Crippen molar-refractivity contribution in [2.24, 2.45) is 0 Å². The highest BCUT2D eigenvalue weighted by atomic mass is 32.2. The van der Waals surface area contributed by atoms with Crippen molar-refractivity contribution in [3.05, 3.63) is 64.9 Å². The summed E-state index contributed by atoms with van der Waals surface area (Å²) in [7, 11) is -3.57. The number of aryl methyl sites for hydroxylation is 1. The highest BCUT2D eigenvalue weighted by Crippen LogP contribution is 2.20. The quantitative estimate of drug-likeness (QED) is 0.645. The van der Waals surface area contributed by atoms with Gasteiger partial charge in [-0.2, -0.15) is 0 Å². The minimum atomic E-state index is -3.57. The van der Waals surface area contributed by atoms with Crippen LogP contribution in [0.1, 0.15) is 17.0 Å². The van der Waals surface area contributed by atoms with Crippen molar-refractivity contribution < 1.29 is 17.7 Å². The Hall–Kier alpha value is -2.65. The van der Waals surface area contributed by atoms with Gasteiger partial charge in [0.15, 0.2) is 0 Å². The highest BCUT2D eigenvalue weighted by molar-refractivity contribution is 7.94. The summed E-state index contributed by atoms with van der Waals surface area (Å²) in [5.41, 5.74) is 1.88. The number of carbonyl (C=O) groups is 1. The summed E-state index contributed by atoms with van der Waals surface area (Å²) in [6.45, 7) is 2.08. The molecule has 0 aliphatic carbocycles. The smallest absolute Gasteiger partial charge is 0.271 e. The van der Waals surface area contributed by atoms with E-state index in [4.69, 9.17) is 4.52 Å². The lowest BCUT2D eigenvalue weighted by atomic mass is 10.1. The number of hydrogen-bond donors (Lipinski definition) is 2. The molecule has 2 heterocycles. The summed E-state index contributed by atoms with van der Waals surface area (Å²) in [5.74, 6) is 0.535. The molecule has 0 radical (unpaired) electrons. The van der Waals surface area contributed by atoms with Gasteiger partial charge in [0.05, 0.1) is 13.0 Å². The number of nitrogens with zero attached hydrogens (tertiary/aromatic N) is 1. The molecule has 136 valence electrons. The summed E-state index contributed by atoms with van der Waals surface area (Å²) in [6.07, 6.45) is 0.189. The number of aromatic nitrogens is 1. The lowest BCUT2D eigenvalue weighted by Crippen LogP contribution is -2.24. The molecular formula is C17H17N3O4S2. The molecular weight excluding hydrogens is 374 g/mol. The van der Waals surface area contributed by atoms with Gasteiger partial charge in [-0.15, -0.1) is 11.3 Å². The minimum absolute atomic E-state index is 0.155. The summed E-state index contributed by atoms with van der Waals surface area (Å²) >= 11 is 1.15. The van der Waals surface area contributed by atoms with E-state index in [1.165, 1.54) is 0 Å². The summed E-state index contributed by atoms with van der Waals surface area (Å²) < 4.78 is 32.0. The highest BCUT2D eigenvalue weighted by Gasteiger charge is 2.15. The molecule has 1 aromatic carbocycles. The van der Waals surface area contributed by atoms with Crippen molar-refractivity contribution in [2.75, 3.05) is 4.72 Å². The van der Waals surface area contributed by atoms with E-state index in [2.05, 4.69) is 15.2 Å². The third-order valence-electron chi connectivity index (χ3n) is 3.47. The van der Waals surface area contributed by atoms with Crippen LogP contribution in [0.2, 0.25) is 0 Å². The van der Waals surface area contributed by atoms with Crippen LogP contribution in [0.25, 0.3) is 0 Å². The zero-order chi connectivity index (χ0) is 18.6.